The molecule has 6 nitrogen and oxygen atoms in total. The summed E-state index contributed by atoms with van der Waals surface area (Å²) in [5, 5.41) is 5.78. The lowest BCUT2D eigenvalue weighted by Gasteiger charge is -2.24. The lowest BCUT2D eigenvalue weighted by molar-refractivity contribution is -0.126. The SMILES string of the molecule is CCN(CC(=O)NCC1CCCO1)CC(=O)NC(C)(C)C. The Kier molecular flexibility index (Phi) is 7.11. The largest absolute Gasteiger partial charge is 0.376 e. The molecule has 0 aromatic carbocycles. The van der Waals surface area contributed by atoms with Crippen LogP contribution in [0.5, 0.6) is 0 Å². The maximum atomic E-state index is 11.9. The first-order valence-corrected chi connectivity index (χ1v) is 7.72. The van der Waals surface area contributed by atoms with Gasteiger partial charge in [0.1, 0.15) is 0 Å². The number of carbonyl (C=O) groups excluding carboxylic acids is 2. The molecule has 0 radical (unpaired) electrons. The average molecular weight is 299 g/mol. The monoisotopic (exact) mass is 299 g/mol. The molecule has 6 heteroatoms. The molecule has 1 aliphatic rings. The summed E-state index contributed by atoms with van der Waals surface area (Å²) < 4.78 is 5.46. The van der Waals surface area contributed by atoms with Crippen molar-refractivity contribution in [2.45, 2.75) is 52.2 Å². The first-order chi connectivity index (χ1) is 9.80. The highest BCUT2D eigenvalue weighted by Gasteiger charge is 2.19. The Balaban J connectivity index is 2.28. The van der Waals surface area contributed by atoms with E-state index in [1.807, 2.05) is 32.6 Å². The first-order valence-electron chi connectivity index (χ1n) is 7.72. The molecule has 0 spiro atoms. The van der Waals surface area contributed by atoms with E-state index in [0.29, 0.717) is 13.1 Å². The second-order valence-corrected chi connectivity index (χ2v) is 6.54. The van der Waals surface area contributed by atoms with Crippen molar-refractivity contribution in [1.29, 1.82) is 0 Å². The molecule has 122 valence electrons. The highest BCUT2D eigenvalue weighted by molar-refractivity contribution is 5.81. The topological polar surface area (TPSA) is 70.7 Å². The maximum Gasteiger partial charge on any atom is 0.234 e. The van der Waals surface area contributed by atoms with E-state index in [-0.39, 0.29) is 36.5 Å². The van der Waals surface area contributed by atoms with E-state index in [2.05, 4.69) is 10.6 Å². The molecule has 0 aliphatic carbocycles. The lowest BCUT2D eigenvalue weighted by Crippen LogP contribution is -2.48. The van der Waals surface area contributed by atoms with Crippen molar-refractivity contribution in [2.75, 3.05) is 32.8 Å². The number of carbonyl (C=O) groups is 2. The zero-order valence-corrected chi connectivity index (χ0v) is 13.7. The van der Waals surface area contributed by atoms with Crippen molar-refractivity contribution >= 4 is 11.8 Å². The van der Waals surface area contributed by atoms with Crippen molar-refractivity contribution < 1.29 is 14.3 Å². The van der Waals surface area contributed by atoms with Crippen molar-refractivity contribution in [3.05, 3.63) is 0 Å². The Bertz CT molecular complexity index is 347. The van der Waals surface area contributed by atoms with E-state index in [1.54, 1.807) is 0 Å². The van der Waals surface area contributed by atoms with Gasteiger partial charge in [0.25, 0.3) is 0 Å². The van der Waals surface area contributed by atoms with Crippen molar-refractivity contribution in [1.82, 2.24) is 15.5 Å². The summed E-state index contributed by atoms with van der Waals surface area (Å²) in [6.07, 6.45) is 2.22. The third kappa shape index (κ3) is 8.02. The molecule has 0 bridgehead atoms. The number of nitrogens with one attached hydrogen (secondary N) is 2. The second kappa shape index (κ2) is 8.34. The predicted octanol–water partition coefficient (Wildman–Crippen LogP) is 0.518. The van der Waals surface area contributed by atoms with Crippen molar-refractivity contribution in [2.24, 2.45) is 0 Å². The van der Waals surface area contributed by atoms with Gasteiger partial charge in [0.2, 0.25) is 11.8 Å². The predicted molar refractivity (Wildman–Crippen MR) is 82.0 cm³/mol. The van der Waals surface area contributed by atoms with Gasteiger partial charge in [0, 0.05) is 18.7 Å². The van der Waals surface area contributed by atoms with Crippen LogP contribution in [0.4, 0.5) is 0 Å². The molecule has 0 aromatic heterocycles. The highest BCUT2D eigenvalue weighted by Crippen LogP contribution is 2.10. The molecule has 0 aromatic rings. The number of ether oxygens (including phenoxy) is 1. The number of likely N-dealkylation sites (N-methyl/N-ethyl adjacent to an activating group) is 1. The van der Waals surface area contributed by atoms with Gasteiger partial charge in [-0.25, -0.2) is 0 Å². The number of amides is 2. The van der Waals surface area contributed by atoms with Crippen LogP contribution in [0.2, 0.25) is 0 Å². The van der Waals surface area contributed by atoms with Gasteiger partial charge in [-0.15, -0.1) is 0 Å². The Labute approximate surface area is 127 Å². The van der Waals surface area contributed by atoms with Crippen LogP contribution >= 0.6 is 0 Å². The molecule has 1 rings (SSSR count). The summed E-state index contributed by atoms with van der Waals surface area (Å²) in [6.45, 7) is 10.2. The minimum Gasteiger partial charge on any atom is -0.376 e. The van der Waals surface area contributed by atoms with Gasteiger partial charge in [-0.1, -0.05) is 6.92 Å². The molecular formula is C15H29N3O3. The summed E-state index contributed by atoms with van der Waals surface area (Å²) in [7, 11) is 0. The van der Waals surface area contributed by atoms with Gasteiger partial charge in [-0.05, 0) is 40.2 Å². The molecule has 21 heavy (non-hydrogen) atoms. The summed E-state index contributed by atoms with van der Waals surface area (Å²) in [4.78, 5) is 25.6. The van der Waals surface area contributed by atoms with Crippen LogP contribution in [0.1, 0.15) is 40.5 Å². The second-order valence-electron chi connectivity index (χ2n) is 6.54. The summed E-state index contributed by atoms with van der Waals surface area (Å²) >= 11 is 0. The summed E-state index contributed by atoms with van der Waals surface area (Å²) in [6, 6.07) is 0. The zero-order valence-electron chi connectivity index (χ0n) is 13.7. The molecule has 2 amide bonds. The van der Waals surface area contributed by atoms with Gasteiger partial charge in [0.15, 0.2) is 0 Å². The normalized spacial score (nSPS) is 18.8. The first kappa shape index (κ1) is 17.9. The van der Waals surface area contributed by atoms with Crippen LogP contribution in [0.25, 0.3) is 0 Å². The zero-order chi connectivity index (χ0) is 15.9. The van der Waals surface area contributed by atoms with E-state index in [9.17, 15) is 9.59 Å². The Morgan fingerprint density at radius 3 is 2.43 bits per heavy atom. The molecule has 1 aliphatic heterocycles. The average Bonchev–Trinajstić information content (AvgIpc) is 2.86. The van der Waals surface area contributed by atoms with Gasteiger partial charge in [-0.2, -0.15) is 0 Å². The highest BCUT2D eigenvalue weighted by atomic mass is 16.5. The molecular weight excluding hydrogens is 270 g/mol. The van der Waals surface area contributed by atoms with E-state index >= 15 is 0 Å². The van der Waals surface area contributed by atoms with E-state index in [4.69, 9.17) is 4.74 Å². The smallest absolute Gasteiger partial charge is 0.234 e. The fraction of sp³-hybridized carbons (Fsp3) is 0.867. The third-order valence-electron chi connectivity index (χ3n) is 3.25. The van der Waals surface area contributed by atoms with Gasteiger partial charge in [-0.3, -0.25) is 14.5 Å². The minimum atomic E-state index is -0.251. The van der Waals surface area contributed by atoms with Crippen LogP contribution in [0, 0.1) is 0 Å². The van der Waals surface area contributed by atoms with Crippen LogP contribution in [0.15, 0.2) is 0 Å². The molecule has 0 saturated carbocycles. The molecule has 1 fully saturated rings. The lowest BCUT2D eigenvalue weighted by atomic mass is 10.1. The minimum absolute atomic E-state index is 0.0590. The number of nitrogens with zero attached hydrogens (tertiary/aromatic N) is 1. The quantitative estimate of drug-likeness (QED) is 0.719. The van der Waals surface area contributed by atoms with E-state index in [0.717, 1.165) is 19.4 Å². The molecule has 1 atom stereocenters. The van der Waals surface area contributed by atoms with Crippen LogP contribution < -0.4 is 10.6 Å². The number of rotatable bonds is 7. The maximum absolute atomic E-state index is 11.9. The molecule has 1 saturated heterocycles. The summed E-state index contributed by atoms with van der Waals surface area (Å²) in [5.41, 5.74) is -0.251. The van der Waals surface area contributed by atoms with Gasteiger partial charge >= 0.3 is 0 Å². The third-order valence-corrected chi connectivity index (χ3v) is 3.25. The fourth-order valence-electron chi connectivity index (χ4n) is 2.23. The molecule has 1 heterocycles. The summed E-state index contributed by atoms with van der Waals surface area (Å²) in [5.74, 6) is -0.118. The Morgan fingerprint density at radius 1 is 1.24 bits per heavy atom. The van der Waals surface area contributed by atoms with Crippen LogP contribution in [-0.4, -0.2) is 61.1 Å². The van der Waals surface area contributed by atoms with Crippen LogP contribution in [-0.2, 0) is 14.3 Å². The fourth-order valence-corrected chi connectivity index (χ4v) is 2.23. The van der Waals surface area contributed by atoms with E-state index < -0.39 is 0 Å². The Hall–Kier alpha value is -1.14. The van der Waals surface area contributed by atoms with E-state index in [1.165, 1.54) is 0 Å². The Morgan fingerprint density at radius 2 is 1.90 bits per heavy atom. The van der Waals surface area contributed by atoms with Crippen LogP contribution in [0.3, 0.4) is 0 Å². The molecule has 1 unspecified atom stereocenters. The molecule has 2 N–H and O–H groups in total. The standard InChI is InChI=1S/C15H29N3O3/c1-5-18(11-14(20)17-15(2,3)4)10-13(19)16-9-12-7-6-8-21-12/h12H,5-11H2,1-4H3,(H,16,19)(H,17,20). The van der Waals surface area contributed by atoms with Crippen molar-refractivity contribution in [3.63, 3.8) is 0 Å². The van der Waals surface area contributed by atoms with Gasteiger partial charge < -0.3 is 15.4 Å². The number of hydrogen-bond donors (Lipinski definition) is 2. The van der Waals surface area contributed by atoms with Crippen molar-refractivity contribution in [3.8, 4) is 0 Å². The van der Waals surface area contributed by atoms with Gasteiger partial charge in [0.05, 0.1) is 19.2 Å². The number of hydrogen-bond acceptors (Lipinski definition) is 4.